The van der Waals surface area contributed by atoms with Crippen LogP contribution in [0.25, 0.3) is 0 Å². The van der Waals surface area contributed by atoms with Crippen LogP contribution in [0, 0.1) is 11.8 Å². The van der Waals surface area contributed by atoms with E-state index < -0.39 is 9.84 Å². The first-order valence-electron chi connectivity index (χ1n) is 4.66. The molecule has 4 nitrogen and oxygen atoms in total. The van der Waals surface area contributed by atoms with Crippen LogP contribution in [-0.4, -0.2) is 44.2 Å². The van der Waals surface area contributed by atoms with Gasteiger partial charge in [-0.3, -0.25) is 0 Å². The molecule has 0 aromatic heterocycles. The first-order valence-corrected chi connectivity index (χ1v) is 6.48. The lowest BCUT2D eigenvalue weighted by atomic mass is 9.94. The van der Waals surface area contributed by atoms with E-state index >= 15 is 0 Å². The van der Waals surface area contributed by atoms with Gasteiger partial charge in [0.05, 0.1) is 17.6 Å². The Labute approximate surface area is 78.3 Å². The van der Waals surface area contributed by atoms with E-state index in [-0.39, 0.29) is 12.0 Å². The molecule has 0 amide bonds. The van der Waals surface area contributed by atoms with Gasteiger partial charge in [0.25, 0.3) is 0 Å². The van der Waals surface area contributed by atoms with Crippen molar-refractivity contribution in [1.82, 2.24) is 5.32 Å². The van der Waals surface area contributed by atoms with Crippen molar-refractivity contribution in [1.29, 1.82) is 0 Å². The Morgan fingerprint density at radius 1 is 1.31 bits per heavy atom. The highest BCUT2D eigenvalue weighted by atomic mass is 32.2. The summed E-state index contributed by atoms with van der Waals surface area (Å²) < 4.78 is 21.7. The average Bonchev–Trinajstić information content (AvgIpc) is 2.33. The zero-order chi connectivity index (χ0) is 9.47. The van der Waals surface area contributed by atoms with Gasteiger partial charge in [0.1, 0.15) is 0 Å². The number of aliphatic hydroxyl groups excluding tert-OH is 1. The zero-order valence-electron chi connectivity index (χ0n) is 7.44. The summed E-state index contributed by atoms with van der Waals surface area (Å²) >= 11 is 0. The third kappa shape index (κ3) is 2.03. The molecule has 2 rings (SSSR count). The second kappa shape index (κ2) is 3.22. The van der Waals surface area contributed by atoms with Crippen LogP contribution in [0.4, 0.5) is 0 Å². The molecule has 0 bridgehead atoms. The van der Waals surface area contributed by atoms with Crippen LogP contribution in [0.1, 0.15) is 6.42 Å². The summed E-state index contributed by atoms with van der Waals surface area (Å²) in [5.74, 6) is 1.22. The fourth-order valence-electron chi connectivity index (χ4n) is 2.19. The topological polar surface area (TPSA) is 66.4 Å². The molecular formula is C8H15NO3S. The first-order chi connectivity index (χ1) is 6.07. The second-order valence-electron chi connectivity index (χ2n) is 4.16. The molecule has 0 aromatic rings. The van der Waals surface area contributed by atoms with Gasteiger partial charge in [-0.1, -0.05) is 0 Å². The predicted octanol–water partition coefficient (Wildman–Crippen LogP) is -0.999. The summed E-state index contributed by atoms with van der Waals surface area (Å²) in [5.41, 5.74) is 0. The average molecular weight is 205 g/mol. The molecule has 13 heavy (non-hydrogen) atoms. The van der Waals surface area contributed by atoms with Crippen LogP contribution in [0.5, 0.6) is 0 Å². The Hall–Kier alpha value is -0.130. The molecule has 0 saturated carbocycles. The minimum Gasteiger partial charge on any atom is -0.391 e. The number of hydrogen-bond donors (Lipinski definition) is 2. The Kier molecular flexibility index (Phi) is 2.33. The number of rotatable bonds is 2. The highest BCUT2D eigenvalue weighted by Gasteiger charge is 2.37. The van der Waals surface area contributed by atoms with Gasteiger partial charge >= 0.3 is 0 Å². The van der Waals surface area contributed by atoms with Crippen LogP contribution in [0.15, 0.2) is 0 Å². The normalized spacial score (nSPS) is 38.8. The van der Waals surface area contributed by atoms with E-state index in [2.05, 4.69) is 5.32 Å². The van der Waals surface area contributed by atoms with Crippen molar-refractivity contribution in [3.63, 3.8) is 0 Å². The van der Waals surface area contributed by atoms with Crippen LogP contribution >= 0.6 is 0 Å². The number of aliphatic hydroxyl groups is 1. The maximum absolute atomic E-state index is 10.9. The van der Waals surface area contributed by atoms with E-state index in [4.69, 9.17) is 0 Å². The third-order valence-corrected chi connectivity index (χ3v) is 4.88. The molecule has 0 spiro atoms. The van der Waals surface area contributed by atoms with Crippen LogP contribution in [0.2, 0.25) is 0 Å². The van der Waals surface area contributed by atoms with Crippen LogP contribution < -0.4 is 5.32 Å². The van der Waals surface area contributed by atoms with Crippen molar-refractivity contribution in [2.75, 3.05) is 24.6 Å². The lowest BCUT2D eigenvalue weighted by Gasteiger charge is -2.28. The van der Waals surface area contributed by atoms with Crippen molar-refractivity contribution in [3.8, 4) is 0 Å². The number of hydrogen-bond acceptors (Lipinski definition) is 4. The molecule has 2 fully saturated rings. The van der Waals surface area contributed by atoms with Gasteiger partial charge in [0.15, 0.2) is 9.84 Å². The smallest absolute Gasteiger partial charge is 0.150 e. The fraction of sp³-hybridized carbons (Fsp3) is 1.00. The lowest BCUT2D eigenvalue weighted by Crippen LogP contribution is -2.38. The lowest BCUT2D eigenvalue weighted by molar-refractivity contribution is 0.134. The highest BCUT2D eigenvalue weighted by Crippen LogP contribution is 2.27. The van der Waals surface area contributed by atoms with E-state index in [1.165, 1.54) is 0 Å². The molecule has 76 valence electrons. The number of β-amino-alcohol motifs (C(OH)–C–C–N with tert-alkyl or cyclic N) is 1. The predicted molar refractivity (Wildman–Crippen MR) is 49.1 cm³/mol. The van der Waals surface area contributed by atoms with Gasteiger partial charge < -0.3 is 10.4 Å². The Bertz CT molecular complexity index is 276. The van der Waals surface area contributed by atoms with E-state index in [0.29, 0.717) is 24.0 Å². The van der Waals surface area contributed by atoms with Crippen molar-refractivity contribution in [2.45, 2.75) is 12.5 Å². The van der Waals surface area contributed by atoms with Crippen molar-refractivity contribution in [3.05, 3.63) is 0 Å². The van der Waals surface area contributed by atoms with Crippen LogP contribution in [0.3, 0.4) is 0 Å². The highest BCUT2D eigenvalue weighted by molar-refractivity contribution is 7.92. The minimum absolute atomic E-state index is 0.264. The van der Waals surface area contributed by atoms with Crippen molar-refractivity contribution >= 4 is 9.84 Å². The van der Waals surface area contributed by atoms with E-state index in [0.717, 1.165) is 13.0 Å². The quantitative estimate of drug-likeness (QED) is 0.607. The maximum Gasteiger partial charge on any atom is 0.150 e. The second-order valence-corrected chi connectivity index (χ2v) is 6.32. The van der Waals surface area contributed by atoms with Gasteiger partial charge in [0, 0.05) is 13.1 Å². The molecule has 2 heterocycles. The maximum atomic E-state index is 10.9. The Morgan fingerprint density at radius 2 is 2.00 bits per heavy atom. The first kappa shape index (κ1) is 9.43. The van der Waals surface area contributed by atoms with Gasteiger partial charge in [-0.2, -0.15) is 0 Å². The summed E-state index contributed by atoms with van der Waals surface area (Å²) in [7, 11) is -2.69. The van der Waals surface area contributed by atoms with Gasteiger partial charge in [-0.05, 0) is 18.3 Å². The molecule has 0 aromatic carbocycles. The molecular weight excluding hydrogens is 190 g/mol. The van der Waals surface area contributed by atoms with E-state index in [9.17, 15) is 13.5 Å². The summed E-state index contributed by atoms with van der Waals surface area (Å²) in [4.78, 5) is 0. The zero-order valence-corrected chi connectivity index (χ0v) is 8.26. The number of sulfone groups is 1. The van der Waals surface area contributed by atoms with Crippen molar-refractivity contribution in [2.24, 2.45) is 11.8 Å². The summed E-state index contributed by atoms with van der Waals surface area (Å²) in [6.07, 6.45) is 0.580. The minimum atomic E-state index is -2.69. The van der Waals surface area contributed by atoms with E-state index in [1.807, 2.05) is 0 Å². The van der Waals surface area contributed by atoms with Gasteiger partial charge in [0.2, 0.25) is 0 Å². The van der Waals surface area contributed by atoms with Gasteiger partial charge in [-0.25, -0.2) is 8.42 Å². The monoisotopic (exact) mass is 205 g/mol. The van der Waals surface area contributed by atoms with Gasteiger partial charge in [-0.15, -0.1) is 0 Å². The molecule has 2 aliphatic heterocycles. The molecule has 2 aliphatic rings. The molecule has 2 atom stereocenters. The van der Waals surface area contributed by atoms with Crippen LogP contribution in [-0.2, 0) is 9.84 Å². The van der Waals surface area contributed by atoms with Crippen molar-refractivity contribution < 1.29 is 13.5 Å². The largest absolute Gasteiger partial charge is 0.391 e. The Morgan fingerprint density at radius 3 is 2.46 bits per heavy atom. The summed E-state index contributed by atoms with van der Waals surface area (Å²) in [6.45, 7) is 1.49. The molecule has 2 saturated heterocycles. The third-order valence-electron chi connectivity index (χ3n) is 2.92. The fourth-order valence-corrected chi connectivity index (χ4v) is 3.80. The molecule has 5 heteroatoms. The molecule has 0 aliphatic carbocycles. The molecule has 0 unspecified atom stereocenters. The molecule has 0 radical (unpaired) electrons. The van der Waals surface area contributed by atoms with E-state index in [1.54, 1.807) is 0 Å². The summed E-state index contributed by atoms with van der Waals surface area (Å²) in [5, 5.41) is 12.6. The molecule has 2 N–H and O–H groups in total. The SMILES string of the molecule is O=S1(=O)CC(C[C@@H]2CNC[C@H]2O)C1. The Balaban J connectivity index is 1.80. The standard InChI is InChI=1S/C8H15NO3S/c10-8-3-9-2-7(8)1-6-4-13(11,12)5-6/h6-10H,1-5H2/t7-,8-/m1/s1. The summed E-state index contributed by atoms with van der Waals surface area (Å²) in [6, 6.07) is 0. The number of nitrogens with one attached hydrogen (secondary N) is 1.